The third-order valence-corrected chi connectivity index (χ3v) is 2.43. The van der Waals surface area contributed by atoms with Gasteiger partial charge in [0, 0.05) is 30.7 Å². The lowest BCUT2D eigenvalue weighted by Gasteiger charge is -2.36. The Balaban J connectivity index is 0.000000605. The molecular weight excluding hydrogens is 182 g/mol. The van der Waals surface area contributed by atoms with Gasteiger partial charge in [-0.15, -0.1) is 23.7 Å². The second-order valence-electron chi connectivity index (χ2n) is 2.48. The lowest BCUT2D eigenvalue weighted by molar-refractivity contribution is 0.518. The largest absolute Gasteiger partial charge is 0.345 e. The third kappa shape index (κ3) is 1.64. The fraction of sp³-hybridized carbons (Fsp3) is 0.500. The van der Waals surface area contributed by atoms with Crippen LogP contribution in [-0.4, -0.2) is 24.1 Å². The van der Waals surface area contributed by atoms with Crippen LogP contribution in [0.3, 0.4) is 0 Å². The van der Waals surface area contributed by atoms with E-state index in [9.17, 15) is 0 Å². The first-order valence-electron chi connectivity index (χ1n) is 3.26. The molecule has 11 heavy (non-hydrogen) atoms. The first-order chi connectivity index (χ1) is 4.86. The second-order valence-corrected chi connectivity index (χ2v) is 3.35. The number of aromatic nitrogens is 1. The van der Waals surface area contributed by atoms with E-state index in [-0.39, 0.29) is 12.4 Å². The Hall–Kier alpha value is -0.320. The van der Waals surface area contributed by atoms with E-state index in [0.717, 1.165) is 18.2 Å². The van der Waals surface area contributed by atoms with Gasteiger partial charge >= 0.3 is 0 Å². The van der Waals surface area contributed by atoms with Crippen molar-refractivity contribution in [2.24, 2.45) is 5.73 Å². The first kappa shape index (κ1) is 8.77. The van der Waals surface area contributed by atoms with E-state index < -0.39 is 0 Å². The van der Waals surface area contributed by atoms with Gasteiger partial charge in [0.2, 0.25) is 0 Å². The number of hydrogen-bond donors (Lipinski definition) is 1. The number of halogens is 1. The molecule has 1 aromatic heterocycles. The molecule has 2 N–H and O–H groups in total. The summed E-state index contributed by atoms with van der Waals surface area (Å²) >= 11 is 1.67. The summed E-state index contributed by atoms with van der Waals surface area (Å²) in [7, 11) is 0. The minimum atomic E-state index is 0. The van der Waals surface area contributed by atoms with E-state index in [1.807, 2.05) is 11.6 Å². The summed E-state index contributed by atoms with van der Waals surface area (Å²) in [5.74, 6) is 0. The van der Waals surface area contributed by atoms with E-state index in [2.05, 4.69) is 9.88 Å². The minimum absolute atomic E-state index is 0. The predicted molar refractivity (Wildman–Crippen MR) is 49.6 cm³/mol. The summed E-state index contributed by atoms with van der Waals surface area (Å²) in [4.78, 5) is 6.35. The number of nitrogens with two attached hydrogens (primary N) is 1. The molecule has 0 bridgehead atoms. The highest BCUT2D eigenvalue weighted by Gasteiger charge is 2.24. The molecule has 0 radical (unpaired) electrons. The Bertz CT molecular complexity index is 208. The fourth-order valence-electron chi connectivity index (χ4n) is 1.04. The molecule has 2 rings (SSSR count). The number of nitrogens with zero attached hydrogens (tertiary/aromatic N) is 2. The second kappa shape index (κ2) is 3.38. The molecular formula is C6H10ClN3S. The van der Waals surface area contributed by atoms with Gasteiger partial charge < -0.3 is 10.6 Å². The molecule has 0 saturated carbocycles. The maximum atomic E-state index is 5.61. The number of hydrogen-bond acceptors (Lipinski definition) is 4. The SMILES string of the molecule is Cl.NC1CN(c2nccs2)C1. The summed E-state index contributed by atoms with van der Waals surface area (Å²) in [5.41, 5.74) is 5.61. The molecule has 0 unspecified atom stereocenters. The summed E-state index contributed by atoms with van der Waals surface area (Å²) in [6, 6.07) is 0.365. The van der Waals surface area contributed by atoms with Crippen LogP contribution in [0.15, 0.2) is 11.6 Å². The molecule has 2 heterocycles. The van der Waals surface area contributed by atoms with Crippen LogP contribution in [0.2, 0.25) is 0 Å². The van der Waals surface area contributed by atoms with Crippen LogP contribution in [0.5, 0.6) is 0 Å². The summed E-state index contributed by atoms with van der Waals surface area (Å²) in [5, 5.41) is 3.08. The molecule has 0 aromatic carbocycles. The molecule has 1 saturated heterocycles. The molecule has 1 aliphatic heterocycles. The maximum Gasteiger partial charge on any atom is 0.185 e. The molecule has 3 nitrogen and oxygen atoms in total. The van der Waals surface area contributed by atoms with Gasteiger partial charge in [-0.05, 0) is 0 Å². The van der Waals surface area contributed by atoms with E-state index >= 15 is 0 Å². The van der Waals surface area contributed by atoms with Crippen LogP contribution in [0, 0.1) is 0 Å². The molecule has 1 aliphatic rings. The van der Waals surface area contributed by atoms with Gasteiger partial charge in [-0.2, -0.15) is 0 Å². The van der Waals surface area contributed by atoms with Gasteiger partial charge in [0.15, 0.2) is 5.13 Å². The Morgan fingerprint density at radius 3 is 2.82 bits per heavy atom. The maximum absolute atomic E-state index is 5.61. The van der Waals surface area contributed by atoms with Crippen LogP contribution in [-0.2, 0) is 0 Å². The van der Waals surface area contributed by atoms with Gasteiger partial charge in [-0.25, -0.2) is 4.98 Å². The zero-order chi connectivity index (χ0) is 6.97. The third-order valence-electron chi connectivity index (χ3n) is 1.60. The molecule has 0 spiro atoms. The molecule has 5 heteroatoms. The van der Waals surface area contributed by atoms with Gasteiger partial charge in [-0.3, -0.25) is 0 Å². The van der Waals surface area contributed by atoms with Crippen molar-refractivity contribution in [1.82, 2.24) is 4.98 Å². The van der Waals surface area contributed by atoms with Crippen LogP contribution in [0.1, 0.15) is 0 Å². The molecule has 62 valence electrons. The average molecular weight is 192 g/mol. The standard InChI is InChI=1S/C6H9N3S.ClH/c7-5-3-9(4-5)6-8-1-2-10-6;/h1-2,5H,3-4,7H2;1H. The smallest absolute Gasteiger partial charge is 0.185 e. The van der Waals surface area contributed by atoms with Crippen molar-refractivity contribution in [1.29, 1.82) is 0 Å². The topological polar surface area (TPSA) is 42.1 Å². The molecule has 0 amide bonds. The number of rotatable bonds is 1. The van der Waals surface area contributed by atoms with Crippen molar-refractivity contribution in [2.45, 2.75) is 6.04 Å². The monoisotopic (exact) mass is 191 g/mol. The number of thiazole rings is 1. The van der Waals surface area contributed by atoms with Crippen molar-refractivity contribution < 1.29 is 0 Å². The van der Waals surface area contributed by atoms with Crippen molar-refractivity contribution >= 4 is 28.9 Å². The van der Waals surface area contributed by atoms with Crippen molar-refractivity contribution in [3.8, 4) is 0 Å². The van der Waals surface area contributed by atoms with Crippen LogP contribution in [0.4, 0.5) is 5.13 Å². The summed E-state index contributed by atoms with van der Waals surface area (Å²) in [6.45, 7) is 1.93. The molecule has 0 atom stereocenters. The average Bonchev–Trinajstić information content (AvgIpc) is 2.31. The lowest BCUT2D eigenvalue weighted by Crippen LogP contribution is -2.55. The Labute approximate surface area is 75.6 Å². The molecule has 1 fully saturated rings. The van der Waals surface area contributed by atoms with Crippen molar-refractivity contribution in [2.75, 3.05) is 18.0 Å². The van der Waals surface area contributed by atoms with Gasteiger partial charge in [0.1, 0.15) is 0 Å². The van der Waals surface area contributed by atoms with Crippen LogP contribution >= 0.6 is 23.7 Å². The van der Waals surface area contributed by atoms with Gasteiger partial charge in [0.25, 0.3) is 0 Å². The molecule has 1 aromatic rings. The van der Waals surface area contributed by atoms with Gasteiger partial charge in [0.05, 0.1) is 0 Å². The van der Waals surface area contributed by atoms with E-state index in [1.54, 1.807) is 11.3 Å². The van der Waals surface area contributed by atoms with Crippen molar-refractivity contribution in [3.63, 3.8) is 0 Å². The van der Waals surface area contributed by atoms with Crippen molar-refractivity contribution in [3.05, 3.63) is 11.6 Å². The Kier molecular flexibility index (Phi) is 2.70. The highest BCUT2D eigenvalue weighted by molar-refractivity contribution is 7.13. The lowest BCUT2D eigenvalue weighted by atomic mass is 10.1. The van der Waals surface area contributed by atoms with E-state index in [1.165, 1.54) is 0 Å². The zero-order valence-electron chi connectivity index (χ0n) is 5.93. The van der Waals surface area contributed by atoms with Crippen LogP contribution < -0.4 is 10.6 Å². The summed E-state index contributed by atoms with van der Waals surface area (Å²) in [6.07, 6.45) is 1.82. The normalized spacial score (nSPS) is 17.4. The predicted octanol–water partition coefficient (Wildman–Crippen LogP) is 0.712. The fourth-order valence-corrected chi connectivity index (χ4v) is 1.70. The van der Waals surface area contributed by atoms with E-state index in [0.29, 0.717) is 6.04 Å². The summed E-state index contributed by atoms with van der Waals surface area (Å²) < 4.78 is 0. The quantitative estimate of drug-likeness (QED) is 0.711. The first-order valence-corrected chi connectivity index (χ1v) is 4.14. The molecule has 0 aliphatic carbocycles. The van der Waals surface area contributed by atoms with E-state index in [4.69, 9.17) is 5.73 Å². The van der Waals surface area contributed by atoms with Crippen LogP contribution in [0.25, 0.3) is 0 Å². The van der Waals surface area contributed by atoms with Gasteiger partial charge in [-0.1, -0.05) is 0 Å². The minimum Gasteiger partial charge on any atom is -0.345 e. The Morgan fingerprint density at radius 1 is 1.64 bits per heavy atom. The Morgan fingerprint density at radius 2 is 2.36 bits per heavy atom. The number of anilines is 1. The zero-order valence-corrected chi connectivity index (χ0v) is 7.57. The highest BCUT2D eigenvalue weighted by atomic mass is 35.5. The highest BCUT2D eigenvalue weighted by Crippen LogP contribution is 2.21.